The highest BCUT2D eigenvalue weighted by atomic mass is 19.3. The second-order valence-electron chi connectivity index (χ2n) is 5.38. The van der Waals surface area contributed by atoms with Crippen LogP contribution in [0.2, 0.25) is 0 Å². The number of aromatic nitrogens is 4. The number of methoxy groups -OCH3 is 1. The molecule has 0 aromatic carbocycles. The summed E-state index contributed by atoms with van der Waals surface area (Å²) in [6.45, 7) is -1.21. The first-order valence-electron chi connectivity index (χ1n) is 7.19. The number of anilines is 1. The summed E-state index contributed by atoms with van der Waals surface area (Å²) in [5.74, 6) is 0.164. The highest BCUT2D eigenvalue weighted by Gasteiger charge is 2.44. The number of halogens is 2. The number of hydrogen-bond donors (Lipinski definition) is 2. The molecule has 3 atom stereocenters. The summed E-state index contributed by atoms with van der Waals surface area (Å²) in [4.78, 5) is 12.0. The fourth-order valence-corrected chi connectivity index (χ4v) is 2.66. The predicted molar refractivity (Wildman–Crippen MR) is 77.0 cm³/mol. The molecule has 1 aliphatic rings. The topological polar surface area (TPSA) is 118 Å². The molecule has 1 aliphatic heterocycles. The first kappa shape index (κ1) is 16.9. The van der Waals surface area contributed by atoms with Crippen molar-refractivity contribution in [2.45, 2.75) is 31.0 Å². The van der Waals surface area contributed by atoms with Gasteiger partial charge in [-0.2, -0.15) is 8.78 Å². The van der Waals surface area contributed by atoms with E-state index in [9.17, 15) is 13.9 Å². The van der Waals surface area contributed by atoms with Crippen molar-refractivity contribution in [3.8, 4) is 0 Å². The van der Waals surface area contributed by atoms with Crippen LogP contribution in [0.15, 0.2) is 12.7 Å². The number of alkyl halides is 2. The van der Waals surface area contributed by atoms with E-state index in [0.29, 0.717) is 11.2 Å². The Kier molecular flexibility index (Phi) is 4.58. The summed E-state index contributed by atoms with van der Waals surface area (Å²) < 4.78 is 43.9. The number of nitrogens with zero attached hydrogens (tertiary/aromatic N) is 4. The molecule has 0 unspecified atom stereocenters. The Bertz CT molecular complexity index is 713. The van der Waals surface area contributed by atoms with Crippen LogP contribution in [0.4, 0.5) is 14.6 Å². The van der Waals surface area contributed by atoms with Crippen molar-refractivity contribution in [1.29, 1.82) is 0 Å². The van der Waals surface area contributed by atoms with Gasteiger partial charge in [0.25, 0.3) is 0 Å². The maximum atomic E-state index is 13.8. The second kappa shape index (κ2) is 6.51. The van der Waals surface area contributed by atoms with E-state index in [2.05, 4.69) is 19.7 Å². The summed E-state index contributed by atoms with van der Waals surface area (Å²) in [6, 6.07) is 0. The van der Waals surface area contributed by atoms with Crippen molar-refractivity contribution in [3.05, 3.63) is 12.7 Å². The minimum absolute atomic E-state index is 0.0840. The zero-order valence-electron chi connectivity index (χ0n) is 12.8. The molecule has 2 aromatic heterocycles. The Morgan fingerprint density at radius 3 is 2.96 bits per heavy atom. The van der Waals surface area contributed by atoms with Crippen LogP contribution in [0, 0.1) is 0 Å². The molecule has 11 heteroatoms. The first-order valence-corrected chi connectivity index (χ1v) is 7.19. The van der Waals surface area contributed by atoms with Gasteiger partial charge >= 0.3 is 6.11 Å². The Morgan fingerprint density at radius 1 is 1.46 bits per heavy atom. The minimum atomic E-state index is -3.49. The maximum Gasteiger partial charge on any atom is 0.379 e. The van der Waals surface area contributed by atoms with E-state index < -0.39 is 31.2 Å². The Labute approximate surface area is 135 Å². The molecule has 3 rings (SSSR count). The molecule has 1 saturated heterocycles. The average Bonchev–Trinajstić information content (AvgIpc) is 3.11. The largest absolute Gasteiger partial charge is 0.394 e. The van der Waals surface area contributed by atoms with Crippen molar-refractivity contribution in [2.24, 2.45) is 0 Å². The Morgan fingerprint density at radius 2 is 2.25 bits per heavy atom. The number of imidazole rings is 1. The molecule has 0 amide bonds. The number of aliphatic hydroxyl groups excluding tert-OH is 1. The fourth-order valence-electron chi connectivity index (χ4n) is 2.66. The van der Waals surface area contributed by atoms with Gasteiger partial charge in [-0.3, -0.25) is 4.57 Å². The molecule has 0 aliphatic carbocycles. The van der Waals surface area contributed by atoms with Crippen LogP contribution in [0.1, 0.15) is 12.6 Å². The molecule has 3 N–H and O–H groups in total. The molecule has 2 aromatic rings. The number of aliphatic hydroxyl groups is 1. The summed E-state index contributed by atoms with van der Waals surface area (Å²) in [7, 11) is 1.15. The lowest BCUT2D eigenvalue weighted by Crippen LogP contribution is -2.35. The van der Waals surface area contributed by atoms with Gasteiger partial charge in [-0.15, -0.1) is 0 Å². The van der Waals surface area contributed by atoms with Crippen LogP contribution < -0.4 is 5.73 Å². The number of fused-ring (bicyclic) bond motifs is 1. The Hall–Kier alpha value is -1.95. The second-order valence-corrected chi connectivity index (χ2v) is 5.38. The lowest BCUT2D eigenvalue weighted by Gasteiger charge is -2.25. The van der Waals surface area contributed by atoms with E-state index >= 15 is 0 Å². The number of ether oxygens (including phenoxy) is 3. The molecule has 9 nitrogen and oxygen atoms in total. The smallest absolute Gasteiger partial charge is 0.379 e. The van der Waals surface area contributed by atoms with Crippen molar-refractivity contribution >= 4 is 17.0 Å². The summed E-state index contributed by atoms with van der Waals surface area (Å²) in [5.41, 5.74) is 6.38. The Balaban J connectivity index is 1.92. The molecule has 0 saturated carbocycles. The van der Waals surface area contributed by atoms with Gasteiger partial charge in [0.2, 0.25) is 0 Å². The summed E-state index contributed by atoms with van der Waals surface area (Å²) in [6.07, 6.45) is -3.41. The predicted octanol–water partition coefficient (Wildman–Crippen LogP) is 0.313. The van der Waals surface area contributed by atoms with Crippen molar-refractivity contribution in [1.82, 2.24) is 19.5 Å². The van der Waals surface area contributed by atoms with Crippen molar-refractivity contribution in [2.75, 3.05) is 26.1 Å². The third kappa shape index (κ3) is 3.15. The van der Waals surface area contributed by atoms with Crippen LogP contribution in [-0.2, 0) is 14.2 Å². The zero-order valence-corrected chi connectivity index (χ0v) is 12.8. The van der Waals surface area contributed by atoms with Crippen LogP contribution in [-0.4, -0.2) is 63.3 Å². The monoisotopic (exact) mass is 345 g/mol. The molecule has 3 heterocycles. The molecule has 1 fully saturated rings. The van der Waals surface area contributed by atoms with Gasteiger partial charge in [-0.1, -0.05) is 0 Å². The van der Waals surface area contributed by atoms with E-state index in [0.717, 1.165) is 7.11 Å². The molecule has 0 spiro atoms. The van der Waals surface area contributed by atoms with E-state index in [1.165, 1.54) is 17.2 Å². The molecule has 0 radical (unpaired) electrons. The lowest BCUT2D eigenvalue weighted by molar-refractivity contribution is -0.291. The zero-order chi connectivity index (χ0) is 17.3. The lowest BCUT2D eigenvalue weighted by atomic mass is 10.2. The SMILES string of the molecule is COCC(F)(F)O[C@@H]1C[C@@H](CO)O[C@H]1n1cnc2c(N)ncnc21. The number of nitrogen functional groups attached to an aromatic ring is 1. The van der Waals surface area contributed by atoms with Crippen molar-refractivity contribution < 1.29 is 28.1 Å². The van der Waals surface area contributed by atoms with E-state index in [1.807, 2.05) is 0 Å². The average molecular weight is 345 g/mol. The number of nitrogens with two attached hydrogens (primary N) is 1. The van der Waals surface area contributed by atoms with Gasteiger partial charge in [0.1, 0.15) is 24.6 Å². The third-order valence-corrected chi connectivity index (χ3v) is 3.65. The normalized spacial score (nSPS) is 24.8. The van der Waals surface area contributed by atoms with Gasteiger partial charge in [0.15, 0.2) is 17.7 Å². The van der Waals surface area contributed by atoms with Crippen LogP contribution >= 0.6 is 0 Å². The summed E-state index contributed by atoms with van der Waals surface area (Å²) in [5, 5.41) is 9.29. The summed E-state index contributed by atoms with van der Waals surface area (Å²) >= 11 is 0. The quantitative estimate of drug-likeness (QED) is 0.768. The van der Waals surface area contributed by atoms with Crippen molar-refractivity contribution in [3.63, 3.8) is 0 Å². The van der Waals surface area contributed by atoms with E-state index in [1.54, 1.807) is 0 Å². The maximum absolute atomic E-state index is 13.8. The van der Waals surface area contributed by atoms with Crippen LogP contribution in [0.5, 0.6) is 0 Å². The highest BCUT2D eigenvalue weighted by Crippen LogP contribution is 2.36. The van der Waals surface area contributed by atoms with Gasteiger partial charge in [-0.25, -0.2) is 15.0 Å². The minimum Gasteiger partial charge on any atom is -0.394 e. The van der Waals surface area contributed by atoms with Crippen LogP contribution in [0.3, 0.4) is 0 Å². The van der Waals surface area contributed by atoms with Gasteiger partial charge in [0.05, 0.1) is 19.0 Å². The standard InChI is InChI=1S/C13H17F2N5O4/c1-22-4-13(14,15)24-8-2-7(3-21)23-12(8)20-6-19-9-10(16)17-5-18-11(9)20/h5-8,12,21H,2-4H2,1H3,(H2,16,17,18)/t7-,8+,12+/m0/s1. The number of rotatable bonds is 6. The molecular weight excluding hydrogens is 328 g/mol. The first-order chi connectivity index (χ1) is 11.4. The van der Waals surface area contributed by atoms with Crippen LogP contribution in [0.25, 0.3) is 11.2 Å². The van der Waals surface area contributed by atoms with E-state index in [4.69, 9.17) is 15.2 Å². The molecular formula is C13H17F2N5O4. The van der Waals surface area contributed by atoms with E-state index in [-0.39, 0.29) is 18.8 Å². The molecule has 24 heavy (non-hydrogen) atoms. The highest BCUT2D eigenvalue weighted by molar-refractivity contribution is 5.81. The van der Waals surface area contributed by atoms with Gasteiger partial charge < -0.3 is 25.1 Å². The van der Waals surface area contributed by atoms with Gasteiger partial charge in [-0.05, 0) is 0 Å². The molecule has 132 valence electrons. The van der Waals surface area contributed by atoms with Gasteiger partial charge in [0, 0.05) is 13.5 Å². The number of hydrogen-bond acceptors (Lipinski definition) is 8. The third-order valence-electron chi connectivity index (χ3n) is 3.65. The molecule has 0 bridgehead atoms. The fraction of sp³-hybridized carbons (Fsp3) is 0.615.